The number of hydrogen-bond acceptors (Lipinski definition) is 4. The Morgan fingerprint density at radius 1 is 1.41 bits per heavy atom. The number of nitriles is 1. The first-order valence-corrected chi connectivity index (χ1v) is 7.02. The lowest BCUT2D eigenvalue weighted by Gasteiger charge is -2.11. The van der Waals surface area contributed by atoms with E-state index in [9.17, 15) is 13.2 Å². The largest absolute Gasteiger partial charge is 0.355 e. The quantitative estimate of drug-likeness (QED) is 0.672. The molecular formula is C10H19N3O3S. The molecule has 0 saturated carbocycles. The maximum atomic E-state index is 11.5. The molecule has 6 nitrogen and oxygen atoms in total. The molecule has 0 bridgehead atoms. The zero-order valence-corrected chi connectivity index (χ0v) is 11.2. The average molecular weight is 261 g/mol. The highest BCUT2D eigenvalue weighted by Gasteiger charge is 2.23. The van der Waals surface area contributed by atoms with Crippen molar-refractivity contribution in [3.8, 4) is 6.07 Å². The summed E-state index contributed by atoms with van der Waals surface area (Å²) in [4.78, 5) is 11.3. The Kier molecular flexibility index (Phi) is 6.76. The molecule has 0 radical (unpaired) electrons. The van der Waals surface area contributed by atoms with Gasteiger partial charge in [0.1, 0.15) is 0 Å². The van der Waals surface area contributed by atoms with Gasteiger partial charge in [-0.1, -0.05) is 20.8 Å². The van der Waals surface area contributed by atoms with Crippen LogP contribution in [-0.2, 0) is 14.8 Å². The molecule has 0 heterocycles. The lowest BCUT2D eigenvalue weighted by molar-refractivity contribution is -0.120. The van der Waals surface area contributed by atoms with Crippen molar-refractivity contribution in [2.75, 3.05) is 13.1 Å². The molecule has 0 rings (SSSR count). The van der Waals surface area contributed by atoms with Gasteiger partial charge >= 0.3 is 0 Å². The van der Waals surface area contributed by atoms with Crippen molar-refractivity contribution >= 4 is 15.9 Å². The van der Waals surface area contributed by atoms with Crippen molar-refractivity contribution in [2.45, 2.75) is 32.4 Å². The Hall–Kier alpha value is -1.13. The summed E-state index contributed by atoms with van der Waals surface area (Å²) >= 11 is 0. The lowest BCUT2D eigenvalue weighted by Crippen LogP contribution is -2.41. The minimum Gasteiger partial charge on any atom is -0.355 e. The van der Waals surface area contributed by atoms with E-state index in [1.165, 1.54) is 0 Å². The summed E-state index contributed by atoms with van der Waals surface area (Å²) in [5.74, 6) is -0.0897. The normalized spacial score (nSPS) is 13.1. The van der Waals surface area contributed by atoms with Gasteiger partial charge in [0.05, 0.1) is 12.6 Å². The second kappa shape index (κ2) is 7.25. The smallest absolute Gasteiger partial charge is 0.235 e. The maximum absolute atomic E-state index is 11.5. The van der Waals surface area contributed by atoms with Crippen LogP contribution in [0.3, 0.4) is 0 Å². The number of amides is 1. The lowest BCUT2D eigenvalue weighted by atomic mass is 10.2. The molecule has 0 aliphatic heterocycles. The Morgan fingerprint density at radius 3 is 2.41 bits per heavy atom. The number of rotatable bonds is 7. The summed E-state index contributed by atoms with van der Waals surface area (Å²) in [5.41, 5.74) is 0. The third kappa shape index (κ3) is 6.24. The van der Waals surface area contributed by atoms with Crippen LogP contribution in [0.25, 0.3) is 0 Å². The number of hydrogen-bond donors (Lipinski definition) is 2. The first kappa shape index (κ1) is 15.9. The third-order valence-electron chi connectivity index (χ3n) is 2.03. The highest BCUT2D eigenvalue weighted by molar-refractivity contribution is 7.90. The predicted molar refractivity (Wildman–Crippen MR) is 64.5 cm³/mol. The van der Waals surface area contributed by atoms with Gasteiger partial charge in [0.2, 0.25) is 15.9 Å². The van der Waals surface area contributed by atoms with E-state index < -0.39 is 21.2 Å². The summed E-state index contributed by atoms with van der Waals surface area (Å²) in [5, 5.41) is 10.1. The molecule has 0 aromatic carbocycles. The predicted octanol–water partition coefficient (Wildman–Crippen LogP) is -0.0198. The molecule has 7 heteroatoms. The summed E-state index contributed by atoms with van der Waals surface area (Å²) in [6.45, 7) is 5.65. The Balaban J connectivity index is 4.20. The summed E-state index contributed by atoms with van der Waals surface area (Å²) in [6, 6.07) is 1.68. The van der Waals surface area contributed by atoms with Crippen LogP contribution in [0.1, 0.15) is 27.2 Å². The zero-order chi connectivity index (χ0) is 13.5. The van der Waals surface area contributed by atoms with Gasteiger partial charge in [-0.3, -0.25) is 4.79 Å². The number of nitrogens with one attached hydrogen (secondary N) is 2. The average Bonchev–Trinajstić information content (AvgIpc) is 2.25. The van der Waals surface area contributed by atoms with Crippen LogP contribution in [0.5, 0.6) is 0 Å². The second-order valence-corrected chi connectivity index (χ2v) is 6.04. The molecule has 1 atom stereocenters. The first-order chi connectivity index (χ1) is 7.83. The van der Waals surface area contributed by atoms with E-state index in [-0.39, 0.29) is 13.0 Å². The minimum atomic E-state index is -3.73. The minimum absolute atomic E-state index is 0.194. The molecule has 1 unspecified atom stereocenters. The number of nitrogens with zero attached hydrogens (tertiary/aromatic N) is 1. The van der Waals surface area contributed by atoms with Crippen molar-refractivity contribution in [1.29, 1.82) is 5.26 Å². The van der Waals surface area contributed by atoms with E-state index in [2.05, 4.69) is 10.0 Å². The summed E-state index contributed by atoms with van der Waals surface area (Å²) in [7, 11) is -3.73. The van der Waals surface area contributed by atoms with E-state index >= 15 is 0 Å². The van der Waals surface area contributed by atoms with Gasteiger partial charge < -0.3 is 5.32 Å². The van der Waals surface area contributed by atoms with E-state index in [1.54, 1.807) is 13.0 Å². The highest BCUT2D eigenvalue weighted by atomic mass is 32.2. The number of sulfonamides is 1. The summed E-state index contributed by atoms with van der Waals surface area (Å²) < 4.78 is 25.2. The van der Waals surface area contributed by atoms with Gasteiger partial charge in [-0.2, -0.15) is 5.26 Å². The fourth-order valence-corrected chi connectivity index (χ4v) is 2.14. The van der Waals surface area contributed by atoms with Crippen LogP contribution in [0.4, 0.5) is 0 Å². The van der Waals surface area contributed by atoms with E-state index in [1.807, 2.05) is 13.8 Å². The summed E-state index contributed by atoms with van der Waals surface area (Å²) in [6.07, 6.45) is 0.194. The SMILES string of the molecule is CCC(C#N)S(=O)(=O)NCC(=O)NCC(C)C. The third-order valence-corrected chi connectivity index (χ3v) is 3.77. The van der Waals surface area contributed by atoms with Gasteiger partial charge in [-0.05, 0) is 12.3 Å². The van der Waals surface area contributed by atoms with Crippen molar-refractivity contribution in [3.05, 3.63) is 0 Å². The van der Waals surface area contributed by atoms with E-state index in [0.29, 0.717) is 12.5 Å². The number of carbonyl (C=O) groups excluding carboxylic acids is 1. The van der Waals surface area contributed by atoms with E-state index in [4.69, 9.17) is 5.26 Å². The first-order valence-electron chi connectivity index (χ1n) is 5.48. The molecule has 0 saturated heterocycles. The highest BCUT2D eigenvalue weighted by Crippen LogP contribution is 2.01. The van der Waals surface area contributed by atoms with Crippen molar-refractivity contribution in [2.24, 2.45) is 5.92 Å². The molecule has 0 aromatic rings. The molecule has 0 spiro atoms. The van der Waals surface area contributed by atoms with Gasteiger partial charge in [-0.25, -0.2) is 13.1 Å². The van der Waals surface area contributed by atoms with Gasteiger partial charge in [0.25, 0.3) is 0 Å². The molecule has 17 heavy (non-hydrogen) atoms. The second-order valence-electron chi connectivity index (χ2n) is 4.09. The Morgan fingerprint density at radius 2 is 2.00 bits per heavy atom. The maximum Gasteiger partial charge on any atom is 0.235 e. The Bertz CT molecular complexity index is 384. The van der Waals surface area contributed by atoms with Crippen LogP contribution in [-0.4, -0.2) is 32.7 Å². The Labute approximate surface area is 102 Å². The fraction of sp³-hybridized carbons (Fsp3) is 0.800. The molecule has 0 aliphatic rings. The van der Waals surface area contributed by atoms with Crippen molar-refractivity contribution in [1.82, 2.24) is 10.0 Å². The van der Waals surface area contributed by atoms with Gasteiger partial charge in [0.15, 0.2) is 5.25 Å². The molecule has 1 amide bonds. The molecule has 2 N–H and O–H groups in total. The molecule has 0 fully saturated rings. The van der Waals surface area contributed by atoms with E-state index in [0.717, 1.165) is 0 Å². The van der Waals surface area contributed by atoms with Crippen LogP contribution in [0, 0.1) is 17.2 Å². The van der Waals surface area contributed by atoms with Crippen LogP contribution in [0.2, 0.25) is 0 Å². The van der Waals surface area contributed by atoms with Crippen LogP contribution < -0.4 is 10.0 Å². The van der Waals surface area contributed by atoms with Gasteiger partial charge in [0, 0.05) is 6.54 Å². The standard InChI is InChI=1S/C10H19N3O3S/c1-4-9(5-11)17(15,16)13-7-10(14)12-6-8(2)3/h8-9,13H,4,6-7H2,1-3H3,(H,12,14). The van der Waals surface area contributed by atoms with Gasteiger partial charge in [-0.15, -0.1) is 0 Å². The number of carbonyl (C=O) groups is 1. The molecular weight excluding hydrogens is 242 g/mol. The topological polar surface area (TPSA) is 99.1 Å². The van der Waals surface area contributed by atoms with Crippen LogP contribution in [0.15, 0.2) is 0 Å². The van der Waals surface area contributed by atoms with Crippen LogP contribution >= 0.6 is 0 Å². The molecule has 0 aromatic heterocycles. The monoisotopic (exact) mass is 261 g/mol. The van der Waals surface area contributed by atoms with Crippen molar-refractivity contribution in [3.63, 3.8) is 0 Å². The zero-order valence-electron chi connectivity index (χ0n) is 10.4. The van der Waals surface area contributed by atoms with Crippen molar-refractivity contribution < 1.29 is 13.2 Å². The molecule has 98 valence electrons. The fourth-order valence-electron chi connectivity index (χ4n) is 1.03. The molecule has 0 aliphatic carbocycles.